The molecule has 0 heterocycles. The third kappa shape index (κ3) is 3.82. The first kappa shape index (κ1) is 14.1. The summed E-state index contributed by atoms with van der Waals surface area (Å²) in [6, 6.07) is 18.5. The second kappa shape index (κ2) is 6.71. The van der Waals surface area contributed by atoms with Gasteiger partial charge in [0, 0.05) is 5.57 Å². The minimum Gasteiger partial charge on any atom is -0.478 e. The van der Waals surface area contributed by atoms with Crippen molar-refractivity contribution in [3.05, 3.63) is 83.4 Å². The van der Waals surface area contributed by atoms with Crippen LogP contribution in [0.15, 0.2) is 66.7 Å². The smallest absolute Gasteiger partial charge is 0.330 e. The molecule has 0 aliphatic heterocycles. The van der Waals surface area contributed by atoms with Crippen LogP contribution in [0.1, 0.15) is 23.1 Å². The molecule has 20 heavy (non-hydrogen) atoms. The van der Waals surface area contributed by atoms with Crippen LogP contribution in [0.25, 0.3) is 0 Å². The Labute approximate surface area is 119 Å². The van der Waals surface area contributed by atoms with Crippen LogP contribution in [-0.4, -0.2) is 11.1 Å². The lowest BCUT2D eigenvalue weighted by Gasteiger charge is -2.09. The van der Waals surface area contributed by atoms with Gasteiger partial charge in [-0.1, -0.05) is 61.2 Å². The predicted molar refractivity (Wildman–Crippen MR) is 80.8 cm³/mol. The van der Waals surface area contributed by atoms with E-state index in [0.717, 1.165) is 6.42 Å². The normalized spacial score (nSPS) is 10.2. The van der Waals surface area contributed by atoms with Crippen molar-refractivity contribution in [3.8, 4) is 0 Å². The summed E-state index contributed by atoms with van der Waals surface area (Å²) in [4.78, 5) is 10.8. The number of hydrogen-bond acceptors (Lipinski definition) is 1. The Hall–Kier alpha value is -2.35. The van der Waals surface area contributed by atoms with Gasteiger partial charge in [0.05, 0.1) is 0 Å². The second-order valence-electron chi connectivity index (χ2n) is 4.84. The molecule has 0 amide bonds. The van der Waals surface area contributed by atoms with Crippen LogP contribution in [0.4, 0.5) is 0 Å². The van der Waals surface area contributed by atoms with Crippen LogP contribution < -0.4 is 0 Å². The quantitative estimate of drug-likeness (QED) is 0.806. The summed E-state index contributed by atoms with van der Waals surface area (Å²) in [6.07, 6.45) is 2.08. The summed E-state index contributed by atoms with van der Waals surface area (Å²) in [6.45, 7) is 3.58. The zero-order valence-corrected chi connectivity index (χ0v) is 11.4. The average molecular weight is 266 g/mol. The molecule has 2 aromatic rings. The number of carboxylic acids is 1. The molecule has 0 bridgehead atoms. The van der Waals surface area contributed by atoms with E-state index in [4.69, 9.17) is 5.11 Å². The van der Waals surface area contributed by atoms with Crippen LogP contribution >= 0.6 is 0 Å². The zero-order valence-electron chi connectivity index (χ0n) is 11.4. The molecule has 0 saturated heterocycles. The van der Waals surface area contributed by atoms with E-state index in [1.54, 1.807) is 0 Å². The molecular formula is C18H18O2. The molecule has 0 unspecified atom stereocenters. The highest BCUT2D eigenvalue weighted by molar-refractivity contribution is 5.85. The van der Waals surface area contributed by atoms with Gasteiger partial charge in [-0.3, -0.25) is 0 Å². The van der Waals surface area contributed by atoms with E-state index in [1.807, 2.05) is 30.3 Å². The maximum absolute atomic E-state index is 10.8. The van der Waals surface area contributed by atoms with Crippen LogP contribution in [0.2, 0.25) is 0 Å². The minimum absolute atomic E-state index is 0.263. The van der Waals surface area contributed by atoms with Crippen molar-refractivity contribution in [1.29, 1.82) is 0 Å². The van der Waals surface area contributed by atoms with Crippen molar-refractivity contribution in [3.63, 3.8) is 0 Å². The third-order valence-electron chi connectivity index (χ3n) is 3.35. The molecule has 2 nitrogen and oxygen atoms in total. The number of rotatable bonds is 6. The van der Waals surface area contributed by atoms with E-state index in [9.17, 15) is 4.79 Å². The fourth-order valence-electron chi connectivity index (χ4n) is 2.18. The lowest BCUT2D eigenvalue weighted by Crippen LogP contribution is -2.02. The monoisotopic (exact) mass is 266 g/mol. The van der Waals surface area contributed by atoms with Crippen molar-refractivity contribution in [2.45, 2.75) is 19.3 Å². The first-order valence-electron chi connectivity index (χ1n) is 6.68. The fourth-order valence-corrected chi connectivity index (χ4v) is 2.18. The summed E-state index contributed by atoms with van der Waals surface area (Å²) < 4.78 is 0. The Morgan fingerprint density at radius 2 is 1.55 bits per heavy atom. The van der Waals surface area contributed by atoms with E-state index in [0.29, 0.717) is 12.8 Å². The van der Waals surface area contributed by atoms with Gasteiger partial charge >= 0.3 is 5.97 Å². The van der Waals surface area contributed by atoms with Gasteiger partial charge in [-0.25, -0.2) is 4.79 Å². The molecule has 1 N–H and O–H groups in total. The lowest BCUT2D eigenvalue weighted by atomic mass is 9.96. The maximum Gasteiger partial charge on any atom is 0.330 e. The average Bonchev–Trinajstić information content (AvgIpc) is 2.47. The van der Waals surface area contributed by atoms with Crippen molar-refractivity contribution in [2.75, 3.05) is 0 Å². The highest BCUT2D eigenvalue weighted by Crippen LogP contribution is 2.17. The lowest BCUT2D eigenvalue weighted by molar-refractivity contribution is -0.132. The maximum atomic E-state index is 10.8. The molecule has 2 aromatic carbocycles. The van der Waals surface area contributed by atoms with Gasteiger partial charge in [-0.05, 0) is 36.0 Å². The Morgan fingerprint density at radius 3 is 2.20 bits per heavy atom. The van der Waals surface area contributed by atoms with Gasteiger partial charge in [0.15, 0.2) is 0 Å². The summed E-state index contributed by atoms with van der Waals surface area (Å²) in [5.41, 5.74) is 3.96. The number of aryl methyl sites for hydroxylation is 1. The molecule has 0 atom stereocenters. The number of hydrogen-bond donors (Lipinski definition) is 1. The molecule has 0 saturated carbocycles. The first-order chi connectivity index (χ1) is 9.66. The molecule has 0 aliphatic rings. The van der Waals surface area contributed by atoms with E-state index >= 15 is 0 Å². The number of benzene rings is 2. The van der Waals surface area contributed by atoms with Gasteiger partial charge < -0.3 is 5.11 Å². The molecular weight excluding hydrogens is 248 g/mol. The second-order valence-corrected chi connectivity index (χ2v) is 4.84. The third-order valence-corrected chi connectivity index (χ3v) is 3.35. The Balaban J connectivity index is 2.10. The summed E-state index contributed by atoms with van der Waals surface area (Å²) in [7, 11) is 0. The number of carbonyl (C=O) groups is 1. The molecule has 0 aliphatic carbocycles. The minimum atomic E-state index is -0.912. The Kier molecular flexibility index (Phi) is 4.72. The molecule has 0 spiro atoms. The Bertz CT molecular complexity index is 600. The largest absolute Gasteiger partial charge is 0.478 e. The molecule has 2 heteroatoms. The number of aliphatic carboxylic acids is 1. The summed E-state index contributed by atoms with van der Waals surface area (Å²) in [5.74, 6) is -0.912. The van der Waals surface area contributed by atoms with Gasteiger partial charge in [0.1, 0.15) is 0 Å². The summed E-state index contributed by atoms with van der Waals surface area (Å²) >= 11 is 0. The van der Waals surface area contributed by atoms with Crippen molar-refractivity contribution in [2.24, 2.45) is 0 Å². The van der Waals surface area contributed by atoms with Crippen LogP contribution in [0.3, 0.4) is 0 Å². The number of carboxylic acid groups (broad SMARTS) is 1. The highest BCUT2D eigenvalue weighted by atomic mass is 16.4. The zero-order chi connectivity index (χ0) is 14.4. The van der Waals surface area contributed by atoms with Crippen LogP contribution in [-0.2, 0) is 17.6 Å². The van der Waals surface area contributed by atoms with E-state index < -0.39 is 5.97 Å². The van der Waals surface area contributed by atoms with Crippen molar-refractivity contribution >= 4 is 5.97 Å². The molecule has 102 valence electrons. The molecule has 2 rings (SSSR count). The predicted octanol–water partition coefficient (Wildman–Crippen LogP) is 3.85. The van der Waals surface area contributed by atoms with Gasteiger partial charge in [0.25, 0.3) is 0 Å². The van der Waals surface area contributed by atoms with Crippen molar-refractivity contribution in [1.82, 2.24) is 0 Å². The van der Waals surface area contributed by atoms with Gasteiger partial charge in [-0.15, -0.1) is 0 Å². The highest BCUT2D eigenvalue weighted by Gasteiger charge is 2.07. The molecule has 0 fully saturated rings. The van der Waals surface area contributed by atoms with Crippen molar-refractivity contribution < 1.29 is 9.90 Å². The van der Waals surface area contributed by atoms with E-state index in [1.165, 1.54) is 16.7 Å². The summed E-state index contributed by atoms with van der Waals surface area (Å²) in [5, 5.41) is 8.86. The standard InChI is InChI=1S/C18H18O2/c1-14(18(19)20)11-12-16-9-5-6-10-17(16)13-15-7-3-2-4-8-15/h2-10H,1,11-13H2,(H,19,20). The first-order valence-corrected chi connectivity index (χ1v) is 6.68. The van der Waals surface area contributed by atoms with E-state index in [-0.39, 0.29) is 5.57 Å². The Morgan fingerprint density at radius 1 is 0.950 bits per heavy atom. The van der Waals surface area contributed by atoms with Crippen LogP contribution in [0, 0.1) is 0 Å². The van der Waals surface area contributed by atoms with Gasteiger partial charge in [-0.2, -0.15) is 0 Å². The van der Waals surface area contributed by atoms with E-state index in [2.05, 4.69) is 30.8 Å². The molecule has 0 radical (unpaired) electrons. The fraction of sp³-hybridized carbons (Fsp3) is 0.167. The molecule has 0 aromatic heterocycles. The van der Waals surface area contributed by atoms with Crippen LogP contribution in [0.5, 0.6) is 0 Å². The topological polar surface area (TPSA) is 37.3 Å². The van der Waals surface area contributed by atoms with Gasteiger partial charge in [0.2, 0.25) is 0 Å². The SMILES string of the molecule is C=C(CCc1ccccc1Cc1ccccc1)C(=O)O.